The summed E-state index contributed by atoms with van der Waals surface area (Å²) in [7, 11) is 2.27. The van der Waals surface area contributed by atoms with Crippen molar-refractivity contribution < 1.29 is 0 Å². The number of aryl methyl sites for hydroxylation is 2. The van der Waals surface area contributed by atoms with Crippen molar-refractivity contribution in [2.75, 3.05) is 7.05 Å². The van der Waals surface area contributed by atoms with Gasteiger partial charge in [0.15, 0.2) is 0 Å². The molecule has 1 heterocycles. The van der Waals surface area contributed by atoms with Gasteiger partial charge in [-0.05, 0) is 69.8 Å². The van der Waals surface area contributed by atoms with Gasteiger partial charge in [0.25, 0.3) is 0 Å². The zero-order valence-electron chi connectivity index (χ0n) is 13.7. The molecule has 0 N–H and O–H groups in total. The van der Waals surface area contributed by atoms with Crippen LogP contribution >= 0.6 is 0 Å². The van der Waals surface area contributed by atoms with Crippen LogP contribution in [0.15, 0.2) is 12.1 Å². The van der Waals surface area contributed by atoms with Gasteiger partial charge >= 0.3 is 0 Å². The first-order chi connectivity index (χ1) is 8.78. The third-order valence-corrected chi connectivity index (χ3v) is 5.18. The van der Waals surface area contributed by atoms with Gasteiger partial charge in [0, 0.05) is 11.1 Å². The van der Waals surface area contributed by atoms with Crippen LogP contribution < -0.4 is 0 Å². The second-order valence-electron chi connectivity index (χ2n) is 6.91. The molecule has 19 heavy (non-hydrogen) atoms. The van der Waals surface area contributed by atoms with E-state index in [2.05, 4.69) is 65.6 Å². The maximum absolute atomic E-state index is 2.54. The summed E-state index contributed by atoms with van der Waals surface area (Å²) in [6.45, 7) is 14.0. The van der Waals surface area contributed by atoms with E-state index in [1.165, 1.54) is 18.4 Å². The predicted octanol–water partition coefficient (Wildman–Crippen LogP) is 4.62. The van der Waals surface area contributed by atoms with Crippen LogP contribution in [0.25, 0.3) is 0 Å². The molecular weight excluding hydrogens is 230 g/mol. The number of fused-ring (bicyclic) bond motifs is 1. The molecule has 0 aliphatic carbocycles. The molecule has 0 unspecified atom stereocenters. The summed E-state index contributed by atoms with van der Waals surface area (Å²) >= 11 is 0. The zero-order valence-corrected chi connectivity index (χ0v) is 13.7. The van der Waals surface area contributed by atoms with Gasteiger partial charge in [-0.3, -0.25) is 4.90 Å². The van der Waals surface area contributed by atoms with E-state index in [0.29, 0.717) is 0 Å². The van der Waals surface area contributed by atoms with Crippen LogP contribution in [0.1, 0.15) is 70.2 Å². The normalized spacial score (nSPS) is 20.6. The molecule has 0 saturated carbocycles. The molecule has 2 rings (SSSR count). The molecule has 1 aromatic rings. The minimum absolute atomic E-state index is 0.133. The Morgan fingerprint density at radius 3 is 1.84 bits per heavy atom. The van der Waals surface area contributed by atoms with Crippen LogP contribution in [-0.2, 0) is 23.9 Å². The smallest absolute Gasteiger partial charge is 0.0416 e. The van der Waals surface area contributed by atoms with Crippen LogP contribution in [0.5, 0.6) is 0 Å². The summed E-state index contributed by atoms with van der Waals surface area (Å²) < 4.78 is 0. The van der Waals surface area contributed by atoms with Gasteiger partial charge < -0.3 is 0 Å². The SMILES string of the molecule is CCCc1ccc(CC)c2c1C(C)(C)N(C)C2(C)C. The lowest BCUT2D eigenvalue weighted by Gasteiger charge is -2.38. The van der Waals surface area contributed by atoms with Crippen molar-refractivity contribution in [1.29, 1.82) is 0 Å². The molecule has 0 fully saturated rings. The van der Waals surface area contributed by atoms with Crippen LogP contribution in [0, 0.1) is 0 Å². The molecule has 0 radical (unpaired) electrons. The molecule has 0 amide bonds. The minimum Gasteiger partial charge on any atom is -0.288 e. The molecule has 0 saturated heterocycles. The zero-order chi connectivity index (χ0) is 14.4. The summed E-state index contributed by atoms with van der Waals surface area (Å²) in [5.41, 5.74) is 6.53. The van der Waals surface area contributed by atoms with Gasteiger partial charge in [-0.25, -0.2) is 0 Å². The topological polar surface area (TPSA) is 3.24 Å². The minimum atomic E-state index is 0.133. The molecule has 0 atom stereocenters. The first kappa shape index (κ1) is 14.6. The fourth-order valence-electron chi connectivity index (χ4n) is 3.89. The van der Waals surface area contributed by atoms with Crippen molar-refractivity contribution in [3.05, 3.63) is 34.4 Å². The molecule has 106 valence electrons. The molecule has 1 aromatic carbocycles. The van der Waals surface area contributed by atoms with E-state index in [-0.39, 0.29) is 11.1 Å². The highest BCUT2D eigenvalue weighted by Gasteiger charge is 2.48. The van der Waals surface area contributed by atoms with Crippen molar-refractivity contribution in [3.8, 4) is 0 Å². The van der Waals surface area contributed by atoms with Gasteiger partial charge in [-0.2, -0.15) is 0 Å². The van der Waals surface area contributed by atoms with E-state index in [9.17, 15) is 0 Å². The summed E-state index contributed by atoms with van der Waals surface area (Å²) in [5, 5.41) is 0. The standard InChI is InChI=1S/C18H29N/c1-8-10-14-12-11-13(9-2)15-16(14)18(5,6)19(7)17(15,3)4/h11-12H,8-10H2,1-7H3. The van der Waals surface area contributed by atoms with Crippen molar-refractivity contribution >= 4 is 0 Å². The average Bonchev–Trinajstić information content (AvgIpc) is 2.50. The van der Waals surface area contributed by atoms with Gasteiger partial charge in [0.1, 0.15) is 0 Å². The Hall–Kier alpha value is -0.820. The van der Waals surface area contributed by atoms with E-state index in [0.717, 1.165) is 6.42 Å². The molecule has 1 aliphatic rings. The average molecular weight is 259 g/mol. The largest absolute Gasteiger partial charge is 0.288 e. The Morgan fingerprint density at radius 2 is 1.37 bits per heavy atom. The lowest BCUT2D eigenvalue weighted by molar-refractivity contribution is 0.0724. The number of nitrogens with zero attached hydrogens (tertiary/aromatic N) is 1. The van der Waals surface area contributed by atoms with Gasteiger partial charge in [0.2, 0.25) is 0 Å². The third-order valence-electron chi connectivity index (χ3n) is 5.18. The summed E-state index contributed by atoms with van der Waals surface area (Å²) in [6, 6.07) is 4.74. The fraction of sp³-hybridized carbons (Fsp3) is 0.667. The van der Waals surface area contributed by atoms with Crippen LogP contribution in [0.2, 0.25) is 0 Å². The number of hydrogen-bond donors (Lipinski definition) is 0. The lowest BCUT2D eigenvalue weighted by Crippen LogP contribution is -2.42. The number of hydrogen-bond acceptors (Lipinski definition) is 1. The van der Waals surface area contributed by atoms with E-state index in [4.69, 9.17) is 0 Å². The highest BCUT2D eigenvalue weighted by molar-refractivity contribution is 5.52. The van der Waals surface area contributed by atoms with Crippen LogP contribution in [-0.4, -0.2) is 11.9 Å². The van der Waals surface area contributed by atoms with E-state index < -0.39 is 0 Å². The molecule has 0 spiro atoms. The first-order valence-electron chi connectivity index (χ1n) is 7.68. The number of benzene rings is 1. The Labute approximate surface area is 119 Å². The second kappa shape index (κ2) is 4.63. The van der Waals surface area contributed by atoms with Crippen LogP contribution in [0.3, 0.4) is 0 Å². The Bertz CT molecular complexity index is 483. The Morgan fingerprint density at radius 1 is 0.895 bits per heavy atom. The van der Waals surface area contributed by atoms with E-state index >= 15 is 0 Å². The molecule has 0 bridgehead atoms. The molecule has 1 heteroatoms. The maximum Gasteiger partial charge on any atom is 0.0416 e. The summed E-state index contributed by atoms with van der Waals surface area (Å²) in [4.78, 5) is 2.54. The first-order valence-corrected chi connectivity index (χ1v) is 7.68. The van der Waals surface area contributed by atoms with Crippen molar-refractivity contribution in [2.24, 2.45) is 0 Å². The highest BCUT2D eigenvalue weighted by atomic mass is 15.2. The van der Waals surface area contributed by atoms with Gasteiger partial charge in [0.05, 0.1) is 0 Å². The van der Waals surface area contributed by atoms with Crippen molar-refractivity contribution in [2.45, 2.75) is 71.9 Å². The van der Waals surface area contributed by atoms with E-state index in [1.54, 1.807) is 16.7 Å². The highest BCUT2D eigenvalue weighted by Crippen LogP contribution is 2.51. The third kappa shape index (κ3) is 1.94. The second-order valence-corrected chi connectivity index (χ2v) is 6.91. The van der Waals surface area contributed by atoms with Crippen molar-refractivity contribution in [1.82, 2.24) is 4.90 Å². The Balaban J connectivity index is 2.77. The van der Waals surface area contributed by atoms with Gasteiger partial charge in [-0.15, -0.1) is 0 Å². The van der Waals surface area contributed by atoms with Gasteiger partial charge in [-0.1, -0.05) is 32.4 Å². The monoisotopic (exact) mass is 259 g/mol. The molecule has 1 aliphatic heterocycles. The summed E-state index contributed by atoms with van der Waals surface area (Å²) in [6.07, 6.45) is 3.54. The molecule has 1 nitrogen and oxygen atoms in total. The number of rotatable bonds is 3. The Kier molecular flexibility index (Phi) is 3.55. The van der Waals surface area contributed by atoms with E-state index in [1.807, 2.05) is 0 Å². The molecular formula is C18H29N. The predicted molar refractivity (Wildman–Crippen MR) is 83.6 cm³/mol. The molecule has 0 aromatic heterocycles. The fourth-order valence-corrected chi connectivity index (χ4v) is 3.89. The van der Waals surface area contributed by atoms with Crippen molar-refractivity contribution in [3.63, 3.8) is 0 Å². The lowest BCUT2D eigenvalue weighted by atomic mass is 9.82. The summed E-state index contributed by atoms with van der Waals surface area (Å²) in [5.74, 6) is 0. The maximum atomic E-state index is 2.54. The van der Waals surface area contributed by atoms with Crippen LogP contribution in [0.4, 0.5) is 0 Å². The quantitative estimate of drug-likeness (QED) is 0.765.